The molecule has 1 aromatic carbocycles. The van der Waals surface area contributed by atoms with Gasteiger partial charge in [0, 0.05) is 43.9 Å². The van der Waals surface area contributed by atoms with Crippen LogP contribution in [0.15, 0.2) is 18.2 Å². The quantitative estimate of drug-likeness (QED) is 0.873. The van der Waals surface area contributed by atoms with E-state index in [1.54, 1.807) is 42.2 Å². The molecule has 7 heteroatoms. The molecule has 2 saturated heterocycles. The van der Waals surface area contributed by atoms with E-state index >= 15 is 0 Å². The molecular formula is C17H23N3O4. The summed E-state index contributed by atoms with van der Waals surface area (Å²) >= 11 is 0. The fourth-order valence-electron chi connectivity index (χ4n) is 3.36. The molecule has 0 aromatic heterocycles. The molecule has 0 spiro atoms. The lowest BCUT2D eigenvalue weighted by Gasteiger charge is -2.21. The molecule has 24 heavy (non-hydrogen) atoms. The molecule has 0 bridgehead atoms. The molecule has 130 valence electrons. The van der Waals surface area contributed by atoms with Gasteiger partial charge in [0.2, 0.25) is 11.8 Å². The van der Waals surface area contributed by atoms with Crippen LogP contribution in [0, 0.1) is 5.92 Å². The van der Waals surface area contributed by atoms with Gasteiger partial charge in [0.1, 0.15) is 0 Å². The number of carbonyl (C=O) groups excluding carboxylic acids is 2. The SMILES string of the molecule is COc1ccc(N2CC(C(=O)N3CC[C@@H](N)C3)CC2=O)cc1OC. The van der Waals surface area contributed by atoms with Crippen molar-refractivity contribution in [1.82, 2.24) is 4.90 Å². The third kappa shape index (κ3) is 3.03. The molecule has 1 unspecified atom stereocenters. The minimum atomic E-state index is -0.309. The van der Waals surface area contributed by atoms with Gasteiger partial charge in [0.25, 0.3) is 0 Å². The number of nitrogens with zero attached hydrogens (tertiary/aromatic N) is 2. The van der Waals surface area contributed by atoms with Crippen molar-refractivity contribution in [2.24, 2.45) is 11.7 Å². The molecule has 2 fully saturated rings. The van der Waals surface area contributed by atoms with Crippen molar-refractivity contribution < 1.29 is 19.1 Å². The van der Waals surface area contributed by atoms with Crippen LogP contribution in [0.5, 0.6) is 11.5 Å². The van der Waals surface area contributed by atoms with Gasteiger partial charge in [0.15, 0.2) is 11.5 Å². The number of hydrogen-bond acceptors (Lipinski definition) is 5. The fraction of sp³-hybridized carbons (Fsp3) is 0.529. The average Bonchev–Trinajstić information content (AvgIpc) is 3.19. The van der Waals surface area contributed by atoms with Gasteiger partial charge in [-0.15, -0.1) is 0 Å². The van der Waals surface area contributed by atoms with E-state index in [-0.39, 0.29) is 30.2 Å². The Labute approximate surface area is 141 Å². The number of benzene rings is 1. The Balaban J connectivity index is 1.74. The van der Waals surface area contributed by atoms with E-state index in [1.807, 2.05) is 0 Å². The Bertz CT molecular complexity index is 649. The molecule has 2 aliphatic rings. The first kappa shape index (κ1) is 16.6. The molecule has 7 nitrogen and oxygen atoms in total. The maximum atomic E-state index is 12.6. The van der Waals surface area contributed by atoms with Gasteiger partial charge in [-0.1, -0.05) is 0 Å². The molecule has 2 heterocycles. The molecule has 0 radical (unpaired) electrons. The first-order chi connectivity index (χ1) is 11.5. The predicted octanol–water partition coefficient (Wildman–Crippen LogP) is 0.616. The van der Waals surface area contributed by atoms with Crippen LogP contribution in [0.4, 0.5) is 5.69 Å². The molecule has 0 saturated carbocycles. The van der Waals surface area contributed by atoms with Crippen molar-refractivity contribution in [3.8, 4) is 11.5 Å². The number of amides is 2. The smallest absolute Gasteiger partial charge is 0.228 e. The lowest BCUT2D eigenvalue weighted by atomic mass is 10.1. The maximum Gasteiger partial charge on any atom is 0.228 e. The first-order valence-electron chi connectivity index (χ1n) is 8.10. The van der Waals surface area contributed by atoms with Crippen LogP contribution < -0.4 is 20.1 Å². The highest BCUT2D eigenvalue weighted by molar-refractivity contribution is 6.00. The Kier molecular flexibility index (Phi) is 4.62. The highest BCUT2D eigenvalue weighted by Gasteiger charge is 2.38. The second-order valence-electron chi connectivity index (χ2n) is 6.28. The number of likely N-dealkylation sites (tertiary alicyclic amines) is 1. The van der Waals surface area contributed by atoms with E-state index in [9.17, 15) is 9.59 Å². The van der Waals surface area contributed by atoms with Gasteiger partial charge in [-0.25, -0.2) is 0 Å². The number of rotatable bonds is 4. The Morgan fingerprint density at radius 3 is 2.58 bits per heavy atom. The summed E-state index contributed by atoms with van der Waals surface area (Å²) < 4.78 is 10.5. The highest BCUT2D eigenvalue weighted by Crippen LogP contribution is 2.34. The topological polar surface area (TPSA) is 85.1 Å². The van der Waals surface area contributed by atoms with E-state index in [2.05, 4.69) is 0 Å². The summed E-state index contributed by atoms with van der Waals surface area (Å²) in [6, 6.07) is 5.37. The number of carbonyl (C=O) groups is 2. The van der Waals surface area contributed by atoms with E-state index in [1.165, 1.54) is 0 Å². The van der Waals surface area contributed by atoms with Crippen LogP contribution >= 0.6 is 0 Å². The van der Waals surface area contributed by atoms with Gasteiger partial charge in [-0.2, -0.15) is 0 Å². The van der Waals surface area contributed by atoms with Crippen molar-refractivity contribution >= 4 is 17.5 Å². The summed E-state index contributed by atoms with van der Waals surface area (Å²) in [5.41, 5.74) is 6.58. The Hall–Kier alpha value is -2.28. The summed E-state index contributed by atoms with van der Waals surface area (Å²) in [6.45, 7) is 1.65. The highest BCUT2D eigenvalue weighted by atomic mass is 16.5. The van der Waals surface area contributed by atoms with Crippen LogP contribution in [0.25, 0.3) is 0 Å². The summed E-state index contributed by atoms with van der Waals surface area (Å²) in [5.74, 6) is 0.828. The molecule has 2 N–H and O–H groups in total. The maximum absolute atomic E-state index is 12.6. The Morgan fingerprint density at radius 1 is 1.21 bits per heavy atom. The monoisotopic (exact) mass is 333 g/mol. The van der Waals surface area contributed by atoms with Crippen molar-refractivity contribution in [3.05, 3.63) is 18.2 Å². The van der Waals surface area contributed by atoms with E-state index in [0.29, 0.717) is 36.8 Å². The van der Waals surface area contributed by atoms with Gasteiger partial charge in [-0.05, 0) is 18.6 Å². The minimum absolute atomic E-state index is 0.0271. The van der Waals surface area contributed by atoms with Crippen LogP contribution in [0.3, 0.4) is 0 Å². The zero-order valence-electron chi connectivity index (χ0n) is 14.0. The first-order valence-corrected chi connectivity index (χ1v) is 8.10. The average molecular weight is 333 g/mol. The molecule has 3 rings (SSSR count). The minimum Gasteiger partial charge on any atom is -0.493 e. The third-order valence-corrected chi connectivity index (χ3v) is 4.69. The zero-order chi connectivity index (χ0) is 17.3. The summed E-state index contributed by atoms with van der Waals surface area (Å²) in [7, 11) is 3.12. The van der Waals surface area contributed by atoms with E-state index < -0.39 is 0 Å². The molecular weight excluding hydrogens is 310 g/mol. The molecule has 0 aliphatic carbocycles. The largest absolute Gasteiger partial charge is 0.493 e. The second kappa shape index (κ2) is 6.68. The third-order valence-electron chi connectivity index (χ3n) is 4.69. The van der Waals surface area contributed by atoms with Crippen LogP contribution in [0.2, 0.25) is 0 Å². The number of ether oxygens (including phenoxy) is 2. The zero-order valence-corrected chi connectivity index (χ0v) is 14.0. The normalized spacial score (nSPS) is 23.7. The van der Waals surface area contributed by atoms with Crippen molar-refractivity contribution in [1.29, 1.82) is 0 Å². The number of hydrogen-bond donors (Lipinski definition) is 1. The number of anilines is 1. The summed E-state index contributed by atoms with van der Waals surface area (Å²) in [4.78, 5) is 28.4. The Morgan fingerprint density at radius 2 is 1.96 bits per heavy atom. The van der Waals surface area contributed by atoms with E-state index in [0.717, 1.165) is 6.42 Å². The van der Waals surface area contributed by atoms with Crippen LogP contribution in [-0.2, 0) is 9.59 Å². The molecule has 2 atom stereocenters. The summed E-state index contributed by atoms with van der Waals surface area (Å²) in [5, 5.41) is 0. The van der Waals surface area contributed by atoms with Crippen molar-refractivity contribution in [2.75, 3.05) is 38.8 Å². The fourth-order valence-corrected chi connectivity index (χ4v) is 3.36. The number of nitrogens with two attached hydrogens (primary N) is 1. The molecule has 2 amide bonds. The van der Waals surface area contributed by atoms with Gasteiger partial charge in [-0.3, -0.25) is 9.59 Å². The lowest BCUT2D eigenvalue weighted by Crippen LogP contribution is -2.37. The van der Waals surface area contributed by atoms with Gasteiger partial charge in [0.05, 0.1) is 20.1 Å². The van der Waals surface area contributed by atoms with E-state index in [4.69, 9.17) is 15.2 Å². The standard InChI is InChI=1S/C17H23N3O4/c1-23-14-4-3-13(8-15(14)24-2)20-9-11(7-16(20)21)17(22)19-6-5-12(18)10-19/h3-4,8,11-12H,5-7,9-10,18H2,1-2H3/t11?,12-/m1/s1. The van der Waals surface area contributed by atoms with Crippen molar-refractivity contribution in [3.63, 3.8) is 0 Å². The second-order valence-corrected chi connectivity index (χ2v) is 6.28. The lowest BCUT2D eigenvalue weighted by molar-refractivity contribution is -0.134. The van der Waals surface area contributed by atoms with Crippen molar-refractivity contribution in [2.45, 2.75) is 18.9 Å². The molecule has 1 aromatic rings. The van der Waals surface area contributed by atoms with Crippen LogP contribution in [0.1, 0.15) is 12.8 Å². The van der Waals surface area contributed by atoms with Gasteiger partial charge < -0.3 is 25.0 Å². The number of methoxy groups -OCH3 is 2. The predicted molar refractivity (Wildman–Crippen MR) is 89.2 cm³/mol. The van der Waals surface area contributed by atoms with Crippen LogP contribution in [-0.4, -0.2) is 56.6 Å². The van der Waals surface area contributed by atoms with Gasteiger partial charge >= 0.3 is 0 Å². The summed E-state index contributed by atoms with van der Waals surface area (Å²) in [6.07, 6.45) is 1.06. The molecule has 2 aliphatic heterocycles.